The first kappa shape index (κ1) is 30.0. The molecule has 2 aromatic heterocycles. The van der Waals surface area contributed by atoms with Crippen LogP contribution in [0.25, 0.3) is 11.0 Å². The molecule has 4 heterocycles. The first-order valence-corrected chi connectivity index (χ1v) is 15.4. The van der Waals surface area contributed by atoms with E-state index in [0.29, 0.717) is 41.7 Å². The molecule has 9 nitrogen and oxygen atoms in total. The number of fused-ring (bicyclic) bond motifs is 1. The quantitative estimate of drug-likeness (QED) is 0.168. The SMILES string of the molecule is COC(=O)c1cc(F)c2nc(CN3CCC(Oc4cccc(CSc5ccc(C#N)cc5F)n4)CC3)n(C[C@@H]3CCO3)c2c1. The van der Waals surface area contributed by atoms with Gasteiger partial charge in [0.2, 0.25) is 5.88 Å². The van der Waals surface area contributed by atoms with Gasteiger partial charge >= 0.3 is 5.97 Å². The Morgan fingerprint density at radius 3 is 2.64 bits per heavy atom. The lowest BCUT2D eigenvalue weighted by atomic mass is 10.1. The molecule has 0 amide bonds. The minimum absolute atomic E-state index is 0.0140. The highest BCUT2D eigenvalue weighted by molar-refractivity contribution is 7.98. The van der Waals surface area contributed by atoms with E-state index in [1.54, 1.807) is 18.2 Å². The number of carbonyl (C=O) groups excluding carboxylic acids is 1. The van der Waals surface area contributed by atoms with Crippen molar-refractivity contribution in [3.8, 4) is 11.9 Å². The van der Waals surface area contributed by atoms with Gasteiger partial charge in [0.25, 0.3) is 0 Å². The summed E-state index contributed by atoms with van der Waals surface area (Å²) in [6, 6.07) is 14.8. The molecule has 0 N–H and O–H groups in total. The number of hydrogen-bond acceptors (Lipinski definition) is 9. The molecule has 0 radical (unpaired) electrons. The number of rotatable bonds is 10. The fraction of sp³-hybridized carbons (Fsp3) is 0.375. The van der Waals surface area contributed by atoms with Crippen molar-refractivity contribution in [3.05, 3.63) is 82.8 Å². The van der Waals surface area contributed by atoms with Crippen LogP contribution in [0.5, 0.6) is 5.88 Å². The maximum absolute atomic E-state index is 15.0. The van der Waals surface area contributed by atoms with E-state index in [4.69, 9.17) is 19.5 Å². The topological polar surface area (TPSA) is 102 Å². The second kappa shape index (κ2) is 13.3. The van der Waals surface area contributed by atoms with Crippen molar-refractivity contribution in [2.24, 2.45) is 0 Å². The minimum atomic E-state index is -0.596. The first-order chi connectivity index (χ1) is 21.4. The van der Waals surface area contributed by atoms with Gasteiger partial charge in [-0.05, 0) is 55.7 Å². The van der Waals surface area contributed by atoms with Crippen molar-refractivity contribution in [1.29, 1.82) is 5.26 Å². The fourth-order valence-electron chi connectivity index (χ4n) is 5.42. The molecule has 44 heavy (non-hydrogen) atoms. The zero-order valence-electron chi connectivity index (χ0n) is 24.2. The van der Waals surface area contributed by atoms with Crippen LogP contribution in [-0.2, 0) is 28.3 Å². The standard InChI is InChI=1S/C32H31F2N5O4S/c1-41-32(40)21-14-26(34)31-27(15-21)39(17-24-9-12-42-24)29(37-31)18-38-10-7-23(8-11-38)43-30-4-2-3-22(36-30)19-44-28-6-5-20(16-35)13-25(28)33/h2-6,13-15,23-24H,7-12,17-19H2,1H3/t24-/m0/s1. The van der Waals surface area contributed by atoms with Gasteiger partial charge in [-0.25, -0.2) is 23.5 Å². The van der Waals surface area contributed by atoms with Gasteiger partial charge in [0.15, 0.2) is 5.82 Å². The number of likely N-dealkylation sites (tertiary alicyclic amines) is 1. The normalized spacial score (nSPS) is 17.3. The van der Waals surface area contributed by atoms with Gasteiger partial charge in [0, 0.05) is 36.4 Å². The number of nitriles is 1. The number of nitrogens with zero attached hydrogens (tertiary/aromatic N) is 5. The lowest BCUT2D eigenvalue weighted by molar-refractivity contribution is -0.0592. The number of pyridine rings is 1. The van der Waals surface area contributed by atoms with Crippen molar-refractivity contribution in [1.82, 2.24) is 19.4 Å². The van der Waals surface area contributed by atoms with Crippen molar-refractivity contribution in [2.45, 2.75) is 55.2 Å². The summed E-state index contributed by atoms with van der Waals surface area (Å²) >= 11 is 1.32. The number of ether oxygens (including phenoxy) is 3. The summed E-state index contributed by atoms with van der Waals surface area (Å²) in [5.74, 6) is 0.145. The average Bonchev–Trinajstić information content (AvgIpc) is 3.36. The predicted molar refractivity (Wildman–Crippen MR) is 159 cm³/mol. The summed E-state index contributed by atoms with van der Waals surface area (Å²) in [7, 11) is 1.27. The molecule has 6 rings (SSSR count). The van der Waals surface area contributed by atoms with E-state index in [0.717, 1.165) is 43.9 Å². The fourth-order valence-corrected chi connectivity index (χ4v) is 6.25. The Balaban J connectivity index is 1.08. The minimum Gasteiger partial charge on any atom is -0.474 e. The molecule has 2 saturated heterocycles. The molecule has 0 bridgehead atoms. The molecule has 0 spiro atoms. The second-order valence-corrected chi connectivity index (χ2v) is 11.9. The molecule has 1 atom stereocenters. The summed E-state index contributed by atoms with van der Waals surface area (Å²) < 4.78 is 48.0. The van der Waals surface area contributed by atoms with E-state index in [1.165, 1.54) is 31.0 Å². The van der Waals surface area contributed by atoms with Gasteiger partial charge in [0.1, 0.15) is 23.3 Å². The smallest absolute Gasteiger partial charge is 0.338 e. The summed E-state index contributed by atoms with van der Waals surface area (Å²) in [5, 5.41) is 8.94. The summed E-state index contributed by atoms with van der Waals surface area (Å²) in [4.78, 5) is 24.1. The number of aromatic nitrogens is 3. The van der Waals surface area contributed by atoms with Crippen LogP contribution in [0.1, 0.15) is 46.7 Å². The molecule has 228 valence electrons. The molecule has 0 unspecified atom stereocenters. The molecular formula is C32H31F2N5O4S. The van der Waals surface area contributed by atoms with Crippen LogP contribution in [0, 0.1) is 23.0 Å². The zero-order valence-corrected chi connectivity index (χ0v) is 25.0. The number of halogens is 2. The van der Waals surface area contributed by atoms with Crippen LogP contribution in [0.15, 0.2) is 53.4 Å². The molecule has 2 aromatic carbocycles. The molecule has 2 aliphatic heterocycles. The monoisotopic (exact) mass is 619 g/mol. The summed E-state index contributed by atoms with van der Waals surface area (Å²) in [6.45, 7) is 3.29. The van der Waals surface area contributed by atoms with Crippen molar-refractivity contribution in [3.63, 3.8) is 0 Å². The van der Waals surface area contributed by atoms with Crippen molar-refractivity contribution in [2.75, 3.05) is 26.8 Å². The second-order valence-electron chi connectivity index (χ2n) is 10.8. The van der Waals surface area contributed by atoms with Crippen LogP contribution in [0.2, 0.25) is 0 Å². The summed E-state index contributed by atoms with van der Waals surface area (Å²) in [6.07, 6.45) is 2.49. The van der Waals surface area contributed by atoms with Crippen molar-refractivity contribution >= 4 is 28.8 Å². The van der Waals surface area contributed by atoms with Gasteiger partial charge < -0.3 is 18.8 Å². The van der Waals surface area contributed by atoms with Gasteiger partial charge in [-0.1, -0.05) is 6.07 Å². The van der Waals surface area contributed by atoms with E-state index >= 15 is 4.39 Å². The molecule has 12 heteroatoms. The van der Waals surface area contributed by atoms with Crippen LogP contribution >= 0.6 is 11.8 Å². The molecular weight excluding hydrogens is 588 g/mol. The maximum atomic E-state index is 15.0. The number of carbonyl (C=O) groups is 1. The van der Waals surface area contributed by atoms with Gasteiger partial charge in [-0.15, -0.1) is 11.8 Å². The van der Waals surface area contributed by atoms with E-state index in [1.807, 2.05) is 28.8 Å². The van der Waals surface area contributed by atoms with Crippen LogP contribution in [0.3, 0.4) is 0 Å². The highest BCUT2D eigenvalue weighted by Gasteiger charge is 2.27. The lowest BCUT2D eigenvalue weighted by Gasteiger charge is -2.32. The number of thioether (sulfide) groups is 1. The number of methoxy groups -OCH3 is 1. The van der Waals surface area contributed by atoms with Gasteiger partial charge in [0.05, 0.1) is 54.7 Å². The largest absolute Gasteiger partial charge is 0.474 e. The Morgan fingerprint density at radius 1 is 1.11 bits per heavy atom. The Bertz CT molecular complexity index is 1710. The highest BCUT2D eigenvalue weighted by atomic mass is 32.2. The molecule has 0 saturated carbocycles. The van der Waals surface area contributed by atoms with E-state index < -0.39 is 17.6 Å². The van der Waals surface area contributed by atoms with Crippen LogP contribution in [-0.4, -0.2) is 64.4 Å². The molecule has 2 fully saturated rings. The van der Waals surface area contributed by atoms with Gasteiger partial charge in [-0.3, -0.25) is 4.90 Å². The van der Waals surface area contributed by atoms with Crippen molar-refractivity contribution < 1.29 is 27.8 Å². The predicted octanol–water partition coefficient (Wildman–Crippen LogP) is 5.49. The van der Waals surface area contributed by atoms with Gasteiger partial charge in [-0.2, -0.15) is 5.26 Å². The molecule has 4 aromatic rings. The number of esters is 1. The number of hydrogen-bond donors (Lipinski definition) is 0. The lowest BCUT2D eigenvalue weighted by Crippen LogP contribution is -2.39. The Labute approximate surface area is 257 Å². The zero-order chi connectivity index (χ0) is 30.6. The number of benzene rings is 2. The Hall–Kier alpha value is -4.05. The number of piperidine rings is 1. The van der Waals surface area contributed by atoms with Crippen LogP contribution < -0.4 is 4.74 Å². The van der Waals surface area contributed by atoms with E-state index in [9.17, 15) is 9.18 Å². The van der Waals surface area contributed by atoms with E-state index in [-0.39, 0.29) is 28.9 Å². The molecule has 0 aliphatic carbocycles. The highest BCUT2D eigenvalue weighted by Crippen LogP contribution is 2.28. The third-order valence-corrected chi connectivity index (χ3v) is 8.97. The first-order valence-electron chi connectivity index (χ1n) is 14.5. The average molecular weight is 620 g/mol. The Kier molecular flexibility index (Phi) is 9.07. The third-order valence-electron chi connectivity index (χ3n) is 7.89. The molecule has 2 aliphatic rings. The number of imidazole rings is 1. The maximum Gasteiger partial charge on any atom is 0.338 e. The third kappa shape index (κ3) is 6.70. The Morgan fingerprint density at radius 2 is 1.93 bits per heavy atom. The van der Waals surface area contributed by atoms with Crippen LogP contribution in [0.4, 0.5) is 8.78 Å². The van der Waals surface area contributed by atoms with E-state index in [2.05, 4.69) is 14.9 Å². The summed E-state index contributed by atoms with van der Waals surface area (Å²) in [5.41, 5.74) is 1.99.